The zero-order chi connectivity index (χ0) is 33.4. The fourth-order valence-corrected chi connectivity index (χ4v) is 7.35. The molecule has 0 unspecified atom stereocenters. The molecule has 3 fully saturated rings. The average molecular weight is 735 g/mol. The average Bonchev–Trinajstić information content (AvgIpc) is 2.90. The molecule has 46 heavy (non-hydrogen) atoms. The Bertz CT molecular complexity index is 1290. The van der Waals surface area contributed by atoms with Crippen molar-refractivity contribution >= 4 is 43.0 Å². The second-order valence-electron chi connectivity index (χ2n) is 11.2. The molecule has 2 aliphatic carbocycles. The molecule has 23 heteroatoms. The second kappa shape index (κ2) is 18.4. The summed E-state index contributed by atoms with van der Waals surface area (Å²) in [5, 5.41) is 5.77. The molecule has 0 radical (unpaired) electrons. The van der Waals surface area contributed by atoms with Crippen LogP contribution in [0.3, 0.4) is 0 Å². The monoisotopic (exact) mass is 734 g/mol. The van der Waals surface area contributed by atoms with Gasteiger partial charge in [-0.15, -0.1) is 0 Å². The first kappa shape index (κ1) is 41.6. The standard InChI is InChI=1S/C23H41N3O16S3.Na/c1-38-23-22(42-45(35,36)37)21(41-44(32,33)34)20(40-43(29,30)31)17(39-23)12-26(13-18(27)24-15-8-4-2-5-9-15)14-19(28)25-16-10-6-3-7-11-16;/h15-17,20-23H,2-14H2,1H3,(H,24,27)(H,25,28)(H,29,30,31)(H,32,33,34)(H,35,36,37);/q;+1/t17-,20-,21+,22+,23+;/m1./s1. The van der Waals surface area contributed by atoms with Crippen molar-refractivity contribution < 1.29 is 100 Å². The zero-order valence-corrected chi connectivity index (χ0v) is 30.0. The molecule has 0 aromatic heterocycles. The summed E-state index contributed by atoms with van der Waals surface area (Å²) < 4.78 is 122. The predicted molar refractivity (Wildman–Crippen MR) is 151 cm³/mol. The normalized spacial score (nSPS) is 27.1. The van der Waals surface area contributed by atoms with E-state index in [1.807, 2.05) is 0 Å². The van der Waals surface area contributed by atoms with Crippen LogP contribution in [0.4, 0.5) is 0 Å². The van der Waals surface area contributed by atoms with E-state index in [0.717, 1.165) is 71.3 Å². The van der Waals surface area contributed by atoms with Crippen molar-refractivity contribution in [3.8, 4) is 0 Å². The summed E-state index contributed by atoms with van der Waals surface area (Å²) in [4.78, 5) is 27.4. The third kappa shape index (κ3) is 14.9. The molecular formula is C23H41N3NaO16S3+. The number of carbonyl (C=O) groups is 2. The molecule has 262 valence electrons. The van der Waals surface area contributed by atoms with Crippen LogP contribution in [0.15, 0.2) is 0 Å². The molecule has 5 N–H and O–H groups in total. The minimum absolute atomic E-state index is 0. The molecule has 2 amide bonds. The number of hydrogen-bond acceptors (Lipinski definition) is 14. The maximum absolute atomic E-state index is 13.1. The number of carbonyl (C=O) groups excluding carboxylic acids is 2. The summed E-state index contributed by atoms with van der Waals surface area (Å²) in [5.41, 5.74) is 0. The Morgan fingerprint density at radius 3 is 1.48 bits per heavy atom. The van der Waals surface area contributed by atoms with Gasteiger partial charge in [-0.25, -0.2) is 12.5 Å². The molecule has 3 rings (SSSR count). The molecule has 1 heterocycles. The maximum atomic E-state index is 13.1. The molecule has 3 aliphatic rings. The van der Waals surface area contributed by atoms with Gasteiger partial charge in [0.1, 0.15) is 18.3 Å². The Kier molecular flexibility index (Phi) is 16.7. The van der Waals surface area contributed by atoms with Crippen LogP contribution in [-0.4, -0.2) is 125 Å². The van der Waals surface area contributed by atoms with E-state index >= 15 is 0 Å². The number of rotatable bonds is 15. The Morgan fingerprint density at radius 1 is 0.696 bits per heavy atom. The van der Waals surface area contributed by atoms with Gasteiger partial charge in [-0.1, -0.05) is 38.5 Å². The largest absolute Gasteiger partial charge is 1.00 e. The van der Waals surface area contributed by atoms with E-state index in [-0.39, 0.29) is 41.6 Å². The van der Waals surface area contributed by atoms with Crippen LogP contribution in [0.25, 0.3) is 0 Å². The van der Waals surface area contributed by atoms with Gasteiger partial charge in [0.25, 0.3) is 0 Å². The first-order valence-electron chi connectivity index (χ1n) is 14.4. The number of nitrogens with one attached hydrogen (secondary N) is 2. The number of ether oxygens (including phenoxy) is 2. The van der Waals surface area contributed by atoms with E-state index in [4.69, 9.17) is 9.47 Å². The summed E-state index contributed by atoms with van der Waals surface area (Å²) in [5.74, 6) is -0.978. The summed E-state index contributed by atoms with van der Waals surface area (Å²) >= 11 is 0. The quantitative estimate of drug-likeness (QED) is 0.0795. The van der Waals surface area contributed by atoms with Crippen LogP contribution < -0.4 is 40.2 Å². The van der Waals surface area contributed by atoms with Crippen LogP contribution in [0.1, 0.15) is 64.2 Å². The van der Waals surface area contributed by atoms with Crippen molar-refractivity contribution in [2.45, 2.75) is 107 Å². The summed E-state index contributed by atoms with van der Waals surface area (Å²) in [7, 11) is -15.5. The van der Waals surface area contributed by atoms with Gasteiger partial charge >= 0.3 is 60.8 Å². The molecule has 0 aromatic carbocycles. The molecule has 1 aliphatic heterocycles. The third-order valence-electron chi connectivity index (χ3n) is 7.63. The fourth-order valence-electron chi connectivity index (χ4n) is 5.85. The van der Waals surface area contributed by atoms with Crippen molar-refractivity contribution in [1.82, 2.24) is 15.5 Å². The number of amides is 2. The second-order valence-corrected chi connectivity index (χ2v) is 14.4. The molecule has 2 saturated carbocycles. The minimum Gasteiger partial charge on any atom is -0.353 e. The third-order valence-corrected chi connectivity index (χ3v) is 9.03. The van der Waals surface area contributed by atoms with E-state index < -0.39 is 93.4 Å². The molecule has 0 aromatic rings. The number of methoxy groups -OCH3 is 1. The topological polar surface area (TPSA) is 271 Å². The van der Waals surface area contributed by atoms with Crippen molar-refractivity contribution in [3.63, 3.8) is 0 Å². The molecular weight excluding hydrogens is 693 g/mol. The van der Waals surface area contributed by atoms with Crippen molar-refractivity contribution in [2.24, 2.45) is 0 Å². The first-order valence-corrected chi connectivity index (χ1v) is 18.5. The fraction of sp³-hybridized carbons (Fsp3) is 0.913. The molecule has 5 atom stereocenters. The van der Waals surface area contributed by atoms with Crippen LogP contribution in [0.2, 0.25) is 0 Å². The van der Waals surface area contributed by atoms with Crippen molar-refractivity contribution in [2.75, 3.05) is 26.7 Å². The zero-order valence-electron chi connectivity index (χ0n) is 25.6. The van der Waals surface area contributed by atoms with Gasteiger partial charge in [0.15, 0.2) is 12.4 Å². The van der Waals surface area contributed by atoms with E-state index in [0.29, 0.717) is 0 Å². The van der Waals surface area contributed by atoms with Crippen molar-refractivity contribution in [3.05, 3.63) is 0 Å². The first-order chi connectivity index (χ1) is 20.9. The van der Waals surface area contributed by atoms with Gasteiger partial charge in [0.2, 0.25) is 11.8 Å². The van der Waals surface area contributed by atoms with Gasteiger partial charge < -0.3 is 20.1 Å². The van der Waals surface area contributed by atoms with Gasteiger partial charge in [0.05, 0.1) is 13.1 Å². The summed E-state index contributed by atoms with van der Waals surface area (Å²) in [6, 6.07) is -0.205. The summed E-state index contributed by atoms with van der Waals surface area (Å²) in [6.07, 6.45) is -2.03. The predicted octanol–water partition coefficient (Wildman–Crippen LogP) is -3.87. The number of nitrogens with zero attached hydrogens (tertiary/aromatic N) is 1. The van der Waals surface area contributed by atoms with Gasteiger partial charge in [-0.2, -0.15) is 25.3 Å². The molecule has 1 saturated heterocycles. The van der Waals surface area contributed by atoms with E-state index in [1.54, 1.807) is 0 Å². The van der Waals surface area contributed by atoms with E-state index in [9.17, 15) is 48.5 Å². The van der Waals surface area contributed by atoms with Crippen molar-refractivity contribution in [1.29, 1.82) is 0 Å². The molecule has 19 nitrogen and oxygen atoms in total. The minimum atomic E-state index is -5.52. The van der Waals surface area contributed by atoms with Gasteiger partial charge in [-0.3, -0.25) is 28.1 Å². The summed E-state index contributed by atoms with van der Waals surface area (Å²) in [6.45, 7) is -1.45. The van der Waals surface area contributed by atoms with Gasteiger partial charge in [0, 0.05) is 25.7 Å². The van der Waals surface area contributed by atoms with E-state index in [1.165, 1.54) is 4.90 Å². The van der Waals surface area contributed by atoms with E-state index in [2.05, 4.69) is 23.2 Å². The smallest absolute Gasteiger partial charge is 0.353 e. The molecule has 0 bridgehead atoms. The Labute approximate surface area is 290 Å². The Hall–Kier alpha value is -0.570. The van der Waals surface area contributed by atoms with Crippen LogP contribution in [-0.2, 0) is 62.8 Å². The van der Waals surface area contributed by atoms with Gasteiger partial charge in [-0.05, 0) is 25.7 Å². The SMILES string of the molecule is CO[C@H]1O[C@H](CN(CC(=O)NC2CCCCC2)CC(=O)NC2CCCCC2)[C@@H](OS(=O)(=O)O)[C@H](OS(=O)(=O)O)[C@@H]1OS(=O)(=O)O.[Na+]. The number of hydrogen-bond donors (Lipinski definition) is 5. The van der Waals surface area contributed by atoms with Crippen LogP contribution in [0.5, 0.6) is 0 Å². The molecule has 0 spiro atoms. The van der Waals surface area contributed by atoms with Crippen LogP contribution in [0, 0.1) is 0 Å². The van der Waals surface area contributed by atoms with Crippen LogP contribution >= 0.6 is 0 Å². The Morgan fingerprint density at radius 2 is 1.09 bits per heavy atom. The Balaban J connectivity index is 0.00000736. The maximum Gasteiger partial charge on any atom is 1.00 e.